The van der Waals surface area contributed by atoms with Gasteiger partial charge in [0.05, 0.1) is 5.75 Å². The first kappa shape index (κ1) is 16.7. The van der Waals surface area contributed by atoms with Gasteiger partial charge in [-0.2, -0.15) is 0 Å². The second kappa shape index (κ2) is 8.11. The summed E-state index contributed by atoms with van der Waals surface area (Å²) in [5.74, 6) is 0.555. The third-order valence-electron chi connectivity index (χ3n) is 4.25. The van der Waals surface area contributed by atoms with E-state index in [9.17, 15) is 4.79 Å². The molecule has 2 aromatic heterocycles. The van der Waals surface area contributed by atoms with Gasteiger partial charge in [-0.25, -0.2) is 9.97 Å². The van der Waals surface area contributed by atoms with Crippen LogP contribution in [0, 0.1) is 0 Å². The maximum absolute atomic E-state index is 12.2. The van der Waals surface area contributed by atoms with Crippen LogP contribution in [0.4, 0.5) is 0 Å². The van der Waals surface area contributed by atoms with Gasteiger partial charge < -0.3 is 5.32 Å². The van der Waals surface area contributed by atoms with Crippen LogP contribution in [-0.2, 0) is 11.2 Å². The summed E-state index contributed by atoms with van der Waals surface area (Å²) >= 11 is 3.23. The third-order valence-corrected chi connectivity index (χ3v) is 6.45. The molecule has 1 N–H and O–H groups in total. The molecule has 1 aliphatic rings. The molecule has 0 atom stereocenters. The molecule has 23 heavy (non-hydrogen) atoms. The topological polar surface area (TPSA) is 54.9 Å². The molecule has 0 aliphatic heterocycles. The highest BCUT2D eigenvalue weighted by Crippen LogP contribution is 2.30. The fourth-order valence-corrected chi connectivity index (χ4v) is 4.78. The van der Waals surface area contributed by atoms with Gasteiger partial charge in [0.25, 0.3) is 0 Å². The Morgan fingerprint density at radius 1 is 1.30 bits per heavy atom. The Hall–Kier alpha value is -1.14. The van der Waals surface area contributed by atoms with Crippen molar-refractivity contribution in [2.24, 2.45) is 0 Å². The number of rotatable bonds is 5. The average Bonchev–Trinajstić information content (AvgIpc) is 2.83. The number of thioether (sulfide) groups is 1. The van der Waals surface area contributed by atoms with E-state index in [1.165, 1.54) is 42.3 Å². The molecule has 1 amide bonds. The minimum atomic E-state index is 0.125. The van der Waals surface area contributed by atoms with Crippen molar-refractivity contribution >= 4 is 39.2 Å². The van der Waals surface area contributed by atoms with Crippen LogP contribution >= 0.6 is 23.1 Å². The summed E-state index contributed by atoms with van der Waals surface area (Å²) in [7, 11) is 0. The van der Waals surface area contributed by atoms with Crippen molar-refractivity contribution in [3.8, 4) is 0 Å². The number of amides is 1. The van der Waals surface area contributed by atoms with Crippen LogP contribution in [0.25, 0.3) is 10.2 Å². The second-order valence-electron chi connectivity index (χ2n) is 6.01. The van der Waals surface area contributed by atoms with Gasteiger partial charge in [0.1, 0.15) is 16.2 Å². The zero-order chi connectivity index (χ0) is 16.1. The van der Waals surface area contributed by atoms with E-state index >= 15 is 0 Å². The fourth-order valence-electron chi connectivity index (χ4n) is 3.00. The number of aromatic nitrogens is 2. The molecule has 1 aliphatic carbocycles. The molecule has 0 bridgehead atoms. The molecular formula is C17H23N3OS2. The van der Waals surface area contributed by atoms with Gasteiger partial charge in [-0.1, -0.05) is 44.4 Å². The Labute approximate surface area is 145 Å². The van der Waals surface area contributed by atoms with Crippen molar-refractivity contribution in [1.29, 1.82) is 0 Å². The molecule has 6 heteroatoms. The summed E-state index contributed by atoms with van der Waals surface area (Å²) < 4.78 is 0. The molecular weight excluding hydrogens is 326 g/mol. The smallest absolute Gasteiger partial charge is 0.230 e. The highest BCUT2D eigenvalue weighted by Gasteiger charge is 2.16. The number of carbonyl (C=O) groups excluding carboxylic acids is 1. The Balaban J connectivity index is 1.59. The average molecular weight is 350 g/mol. The molecule has 1 saturated carbocycles. The van der Waals surface area contributed by atoms with Crippen LogP contribution < -0.4 is 5.32 Å². The summed E-state index contributed by atoms with van der Waals surface area (Å²) in [5.41, 5.74) is 0. The molecule has 3 rings (SSSR count). The first-order chi connectivity index (χ1) is 11.3. The number of hydrogen-bond donors (Lipinski definition) is 1. The number of hydrogen-bond acceptors (Lipinski definition) is 5. The number of nitrogens with one attached hydrogen (secondary N) is 1. The van der Waals surface area contributed by atoms with E-state index in [0.29, 0.717) is 11.8 Å². The molecule has 0 radical (unpaired) electrons. The number of fused-ring (bicyclic) bond motifs is 1. The molecule has 4 nitrogen and oxygen atoms in total. The van der Waals surface area contributed by atoms with E-state index < -0.39 is 0 Å². The van der Waals surface area contributed by atoms with E-state index in [4.69, 9.17) is 0 Å². The summed E-state index contributed by atoms with van der Waals surface area (Å²) in [6.07, 6.45) is 9.93. The molecule has 124 valence electrons. The van der Waals surface area contributed by atoms with Crippen molar-refractivity contribution < 1.29 is 4.79 Å². The van der Waals surface area contributed by atoms with Gasteiger partial charge in [-0.3, -0.25) is 4.79 Å². The van der Waals surface area contributed by atoms with Crippen LogP contribution in [0.15, 0.2) is 17.4 Å². The Kier molecular flexibility index (Phi) is 5.89. The second-order valence-corrected chi connectivity index (χ2v) is 8.09. The van der Waals surface area contributed by atoms with Crippen LogP contribution in [0.5, 0.6) is 0 Å². The van der Waals surface area contributed by atoms with Gasteiger partial charge in [-0.15, -0.1) is 11.3 Å². The number of carbonyl (C=O) groups is 1. The molecule has 0 aromatic carbocycles. The SMILES string of the molecule is CCc1cc2c(SCC(=O)NC3CCCCCC3)ncnc2s1. The van der Waals surface area contributed by atoms with Crippen molar-refractivity contribution in [2.75, 3.05) is 5.75 Å². The summed E-state index contributed by atoms with van der Waals surface area (Å²) in [6, 6.07) is 2.52. The van der Waals surface area contributed by atoms with Crippen LogP contribution in [0.3, 0.4) is 0 Å². The van der Waals surface area contributed by atoms with Crippen molar-refractivity contribution in [3.63, 3.8) is 0 Å². The number of nitrogens with zero attached hydrogens (tertiary/aromatic N) is 2. The van der Waals surface area contributed by atoms with Gasteiger partial charge in [-0.05, 0) is 25.3 Å². The lowest BCUT2D eigenvalue weighted by Gasteiger charge is -2.15. The normalized spacial score (nSPS) is 16.4. The van der Waals surface area contributed by atoms with E-state index in [2.05, 4.69) is 28.3 Å². The van der Waals surface area contributed by atoms with Gasteiger partial charge in [0.15, 0.2) is 0 Å². The van der Waals surface area contributed by atoms with E-state index in [1.807, 2.05) is 0 Å². The summed E-state index contributed by atoms with van der Waals surface area (Å²) in [5, 5.41) is 5.20. The highest BCUT2D eigenvalue weighted by molar-refractivity contribution is 8.00. The standard InChI is InChI=1S/C17H23N3OS2/c1-2-13-9-14-16(18-11-19-17(14)23-13)22-10-15(21)20-12-7-5-3-4-6-8-12/h9,11-12H,2-8,10H2,1H3,(H,20,21). The van der Waals surface area contributed by atoms with Crippen molar-refractivity contribution in [1.82, 2.24) is 15.3 Å². The Bertz CT molecular complexity index is 663. The van der Waals surface area contributed by atoms with Gasteiger partial charge >= 0.3 is 0 Å². The number of aryl methyl sites for hydroxylation is 1. The van der Waals surface area contributed by atoms with E-state index in [0.717, 1.165) is 34.5 Å². The lowest BCUT2D eigenvalue weighted by atomic mass is 10.1. The fraction of sp³-hybridized carbons (Fsp3) is 0.588. The van der Waals surface area contributed by atoms with Crippen LogP contribution in [0.2, 0.25) is 0 Å². The summed E-state index contributed by atoms with van der Waals surface area (Å²) in [4.78, 5) is 23.3. The zero-order valence-corrected chi connectivity index (χ0v) is 15.1. The minimum absolute atomic E-state index is 0.125. The lowest BCUT2D eigenvalue weighted by Crippen LogP contribution is -2.35. The highest BCUT2D eigenvalue weighted by atomic mass is 32.2. The molecule has 0 unspecified atom stereocenters. The maximum atomic E-state index is 12.2. The maximum Gasteiger partial charge on any atom is 0.230 e. The first-order valence-corrected chi connectivity index (χ1v) is 10.2. The lowest BCUT2D eigenvalue weighted by molar-refractivity contribution is -0.119. The quantitative estimate of drug-likeness (QED) is 0.500. The Morgan fingerprint density at radius 3 is 2.83 bits per heavy atom. The molecule has 0 saturated heterocycles. The monoisotopic (exact) mass is 349 g/mol. The predicted octanol–water partition coefficient (Wildman–Crippen LogP) is 4.18. The molecule has 0 spiro atoms. The van der Waals surface area contributed by atoms with E-state index in [1.54, 1.807) is 17.7 Å². The van der Waals surface area contributed by atoms with E-state index in [-0.39, 0.29) is 5.91 Å². The summed E-state index contributed by atoms with van der Waals surface area (Å²) in [6.45, 7) is 2.14. The largest absolute Gasteiger partial charge is 0.353 e. The molecule has 1 fully saturated rings. The zero-order valence-electron chi connectivity index (χ0n) is 13.5. The predicted molar refractivity (Wildman–Crippen MR) is 97.1 cm³/mol. The minimum Gasteiger partial charge on any atom is -0.353 e. The van der Waals surface area contributed by atoms with Crippen LogP contribution in [0.1, 0.15) is 50.3 Å². The molecule has 2 heterocycles. The molecule has 2 aromatic rings. The van der Waals surface area contributed by atoms with Gasteiger partial charge in [0, 0.05) is 16.3 Å². The van der Waals surface area contributed by atoms with Crippen molar-refractivity contribution in [2.45, 2.75) is 62.9 Å². The Morgan fingerprint density at radius 2 is 2.09 bits per heavy atom. The third kappa shape index (κ3) is 4.44. The first-order valence-electron chi connectivity index (χ1n) is 8.42. The number of thiophene rings is 1. The van der Waals surface area contributed by atoms with Gasteiger partial charge in [0.2, 0.25) is 5.91 Å². The van der Waals surface area contributed by atoms with Crippen LogP contribution in [-0.4, -0.2) is 27.7 Å². The van der Waals surface area contributed by atoms with Crippen molar-refractivity contribution in [3.05, 3.63) is 17.3 Å².